The Morgan fingerprint density at radius 1 is 0.978 bits per heavy atom. The molecule has 3 aromatic rings. The number of benzene rings is 2. The summed E-state index contributed by atoms with van der Waals surface area (Å²) in [5.74, 6) is 0.877. The molecule has 1 saturated carbocycles. The topological polar surface area (TPSA) is 87.0 Å². The standard InChI is InChI=1S/C38H39FN4O3/c39-35-7-3-4-8-36(35)46-31-6-2-1-5-29(11-12-31)42-38(45)37-34-20-26(9-14-33(34)32-13-10-27(32)23-41-37)28-19-25(21-40-22-28)24-43-17-15-30(44)16-18-43/h3-9,11-12,14,19-22,27,30,32,44H,1-2,10,13,15-18,23-24H2,(H,42,45). The van der Waals surface area contributed by atoms with E-state index in [1.807, 2.05) is 24.5 Å². The highest BCUT2D eigenvalue weighted by Crippen LogP contribution is 2.46. The molecule has 1 aromatic heterocycles. The number of aliphatic hydroxyl groups excluding tert-OH is 1. The minimum absolute atomic E-state index is 0.162. The van der Waals surface area contributed by atoms with Crippen molar-refractivity contribution in [3.05, 3.63) is 119 Å². The number of hydrogen-bond donors (Lipinski definition) is 2. The van der Waals surface area contributed by atoms with Crippen molar-refractivity contribution in [2.75, 3.05) is 19.6 Å². The summed E-state index contributed by atoms with van der Waals surface area (Å²) in [5, 5.41) is 13.0. The van der Waals surface area contributed by atoms with Gasteiger partial charge >= 0.3 is 0 Å². The van der Waals surface area contributed by atoms with E-state index in [2.05, 4.69) is 39.5 Å². The monoisotopic (exact) mass is 618 g/mol. The molecular formula is C38H39FN4O3. The number of hydrogen-bond acceptors (Lipinski definition) is 6. The molecule has 2 aromatic carbocycles. The lowest BCUT2D eigenvalue weighted by molar-refractivity contribution is -0.114. The molecule has 236 valence electrons. The lowest BCUT2D eigenvalue weighted by Gasteiger charge is -2.35. The number of carbonyl (C=O) groups is 1. The van der Waals surface area contributed by atoms with Crippen LogP contribution in [0.1, 0.15) is 61.1 Å². The van der Waals surface area contributed by atoms with Crippen molar-refractivity contribution in [2.24, 2.45) is 10.9 Å². The first-order valence-electron chi connectivity index (χ1n) is 16.4. The molecule has 2 atom stereocenters. The number of allylic oxidation sites excluding steroid dienone is 4. The van der Waals surface area contributed by atoms with E-state index in [0.717, 1.165) is 67.6 Å². The zero-order valence-corrected chi connectivity index (χ0v) is 25.9. The largest absolute Gasteiger partial charge is 0.455 e. The number of para-hydroxylation sites is 1. The molecule has 2 aliphatic heterocycles. The van der Waals surface area contributed by atoms with Crippen molar-refractivity contribution >= 4 is 11.6 Å². The van der Waals surface area contributed by atoms with Gasteiger partial charge in [-0.05, 0) is 110 Å². The number of fused-ring (bicyclic) bond motifs is 3. The van der Waals surface area contributed by atoms with E-state index in [1.165, 1.54) is 11.6 Å². The van der Waals surface area contributed by atoms with Crippen molar-refractivity contribution in [1.82, 2.24) is 15.2 Å². The molecule has 3 heterocycles. The molecule has 1 saturated heterocycles. The van der Waals surface area contributed by atoms with Crippen molar-refractivity contribution in [3.63, 3.8) is 0 Å². The van der Waals surface area contributed by atoms with Gasteiger partial charge in [0.2, 0.25) is 0 Å². The lowest BCUT2D eigenvalue weighted by atomic mass is 9.69. The summed E-state index contributed by atoms with van der Waals surface area (Å²) in [6.07, 6.45) is 16.3. The first-order valence-corrected chi connectivity index (χ1v) is 16.4. The highest BCUT2D eigenvalue weighted by atomic mass is 19.1. The molecule has 2 aliphatic carbocycles. The van der Waals surface area contributed by atoms with Gasteiger partial charge in [-0.2, -0.15) is 0 Å². The first-order chi connectivity index (χ1) is 22.5. The second kappa shape index (κ2) is 13.5. The van der Waals surface area contributed by atoms with Gasteiger partial charge in [-0.15, -0.1) is 0 Å². The Bertz CT molecular complexity index is 1740. The summed E-state index contributed by atoms with van der Waals surface area (Å²) >= 11 is 0. The summed E-state index contributed by atoms with van der Waals surface area (Å²) in [6, 6.07) is 14.9. The average Bonchev–Trinajstić information content (AvgIpc) is 3.14. The number of pyridine rings is 1. The quantitative estimate of drug-likeness (QED) is 0.318. The number of aliphatic imine (C=N–C) groups is 1. The van der Waals surface area contributed by atoms with E-state index < -0.39 is 5.82 Å². The van der Waals surface area contributed by atoms with Gasteiger partial charge in [0.15, 0.2) is 11.6 Å². The maximum atomic E-state index is 14.2. The third-order valence-electron chi connectivity index (χ3n) is 9.54. The van der Waals surface area contributed by atoms with E-state index in [4.69, 9.17) is 9.73 Å². The maximum Gasteiger partial charge on any atom is 0.274 e. The summed E-state index contributed by atoms with van der Waals surface area (Å²) in [5.41, 5.74) is 6.32. The Morgan fingerprint density at radius 3 is 2.65 bits per heavy atom. The predicted molar refractivity (Wildman–Crippen MR) is 177 cm³/mol. The first kappa shape index (κ1) is 30.3. The number of piperidine rings is 1. The van der Waals surface area contributed by atoms with Gasteiger partial charge in [-0.25, -0.2) is 4.39 Å². The van der Waals surface area contributed by atoms with Crippen LogP contribution >= 0.6 is 0 Å². The SMILES string of the molecule is O=C(NC1=CCCC=C(Oc2ccccc2F)C=C1)C1=NCC2CCC2c2ccc(-c3cncc(CN4CCC(O)CC4)c3)cc21. The average molecular weight is 619 g/mol. The van der Waals surface area contributed by atoms with Crippen LogP contribution in [-0.4, -0.2) is 52.3 Å². The number of aromatic nitrogens is 1. The molecule has 2 fully saturated rings. The van der Waals surface area contributed by atoms with Crippen molar-refractivity contribution < 1.29 is 19.0 Å². The predicted octanol–water partition coefficient (Wildman–Crippen LogP) is 6.45. The number of aliphatic hydroxyl groups is 1. The van der Waals surface area contributed by atoms with Crippen molar-refractivity contribution in [1.29, 1.82) is 0 Å². The van der Waals surface area contributed by atoms with E-state index in [-0.39, 0.29) is 17.8 Å². The molecule has 0 radical (unpaired) electrons. The van der Waals surface area contributed by atoms with Crippen LogP contribution in [0.3, 0.4) is 0 Å². The zero-order valence-electron chi connectivity index (χ0n) is 25.9. The van der Waals surface area contributed by atoms with Crippen LogP contribution in [0.4, 0.5) is 4.39 Å². The van der Waals surface area contributed by atoms with Crippen LogP contribution in [-0.2, 0) is 11.3 Å². The van der Waals surface area contributed by atoms with E-state index >= 15 is 0 Å². The summed E-state index contributed by atoms with van der Waals surface area (Å²) < 4.78 is 20.0. The maximum absolute atomic E-state index is 14.2. The fourth-order valence-electron chi connectivity index (χ4n) is 6.80. The van der Waals surface area contributed by atoms with Crippen LogP contribution in [0.15, 0.2) is 102 Å². The molecule has 0 spiro atoms. The normalized spacial score (nSPS) is 21.7. The van der Waals surface area contributed by atoms with Crippen LogP contribution in [0.5, 0.6) is 5.75 Å². The molecule has 0 bridgehead atoms. The zero-order chi connectivity index (χ0) is 31.5. The van der Waals surface area contributed by atoms with Crippen LogP contribution in [0.2, 0.25) is 0 Å². The van der Waals surface area contributed by atoms with Gasteiger partial charge in [-0.1, -0.05) is 30.3 Å². The second-order valence-electron chi connectivity index (χ2n) is 12.7. The Balaban J connectivity index is 1.11. The van der Waals surface area contributed by atoms with E-state index in [0.29, 0.717) is 48.4 Å². The fraction of sp³-hybridized carbons (Fsp3) is 0.342. The highest BCUT2D eigenvalue weighted by Gasteiger charge is 2.37. The molecule has 2 unspecified atom stereocenters. The van der Waals surface area contributed by atoms with Crippen LogP contribution < -0.4 is 10.1 Å². The van der Waals surface area contributed by atoms with Crippen molar-refractivity contribution in [2.45, 2.75) is 57.1 Å². The third-order valence-corrected chi connectivity index (χ3v) is 9.54. The number of amides is 1. The van der Waals surface area contributed by atoms with Crippen LogP contribution in [0, 0.1) is 11.7 Å². The van der Waals surface area contributed by atoms with Gasteiger partial charge in [0.1, 0.15) is 11.5 Å². The van der Waals surface area contributed by atoms with Crippen molar-refractivity contribution in [3.8, 4) is 16.9 Å². The smallest absolute Gasteiger partial charge is 0.274 e. The molecule has 4 aliphatic rings. The Labute approximate surface area is 269 Å². The molecule has 7 rings (SSSR count). The van der Waals surface area contributed by atoms with Gasteiger partial charge < -0.3 is 15.2 Å². The number of ether oxygens (including phenoxy) is 1. The lowest BCUT2D eigenvalue weighted by Crippen LogP contribution is -2.35. The Morgan fingerprint density at radius 2 is 1.83 bits per heavy atom. The summed E-state index contributed by atoms with van der Waals surface area (Å²) in [4.78, 5) is 25.8. The van der Waals surface area contributed by atoms with Gasteiger partial charge in [0, 0.05) is 55.4 Å². The number of nitrogens with zero attached hydrogens (tertiary/aromatic N) is 3. The summed E-state index contributed by atoms with van der Waals surface area (Å²) in [6.45, 7) is 3.19. The number of likely N-dealkylation sites (tertiary alicyclic amines) is 1. The number of carbonyl (C=O) groups excluding carboxylic acids is 1. The Kier molecular flexibility index (Phi) is 8.90. The second-order valence-corrected chi connectivity index (χ2v) is 12.7. The number of nitrogens with one attached hydrogen (secondary N) is 1. The Hall–Kier alpha value is -4.40. The third kappa shape index (κ3) is 6.73. The number of rotatable bonds is 7. The van der Waals surface area contributed by atoms with Crippen LogP contribution in [0.25, 0.3) is 11.1 Å². The molecular weight excluding hydrogens is 579 g/mol. The fourth-order valence-corrected chi connectivity index (χ4v) is 6.80. The van der Waals surface area contributed by atoms with Gasteiger partial charge in [0.05, 0.1) is 6.10 Å². The highest BCUT2D eigenvalue weighted by molar-refractivity contribution is 6.46. The number of halogens is 1. The van der Waals surface area contributed by atoms with E-state index in [9.17, 15) is 14.3 Å². The molecule has 7 nitrogen and oxygen atoms in total. The molecule has 46 heavy (non-hydrogen) atoms. The minimum atomic E-state index is -0.424. The summed E-state index contributed by atoms with van der Waals surface area (Å²) in [7, 11) is 0. The molecule has 1 amide bonds. The molecule has 2 N–H and O–H groups in total. The van der Waals surface area contributed by atoms with E-state index in [1.54, 1.807) is 30.4 Å². The van der Waals surface area contributed by atoms with Gasteiger partial charge in [-0.3, -0.25) is 19.7 Å². The van der Waals surface area contributed by atoms with Gasteiger partial charge in [0.25, 0.3) is 5.91 Å². The molecule has 8 heteroatoms. The minimum Gasteiger partial charge on any atom is -0.455 e.